The van der Waals surface area contributed by atoms with E-state index in [0.29, 0.717) is 0 Å². The lowest BCUT2D eigenvalue weighted by molar-refractivity contribution is -0.135. The Morgan fingerprint density at radius 3 is 1.73 bits per heavy atom. The molecule has 0 aliphatic carbocycles. The number of allylic oxidation sites excluding steroid dienone is 1. The van der Waals surface area contributed by atoms with E-state index >= 15 is 0 Å². The molecule has 0 unspecified atom stereocenters. The summed E-state index contributed by atoms with van der Waals surface area (Å²) < 4.78 is 0. The lowest BCUT2D eigenvalue weighted by Gasteiger charge is -2.05. The Morgan fingerprint density at radius 2 is 1.47 bits per heavy atom. The first-order chi connectivity index (χ1) is 6.77. The molecule has 0 saturated heterocycles. The maximum absolute atomic E-state index is 11.4. The van der Waals surface area contributed by atoms with E-state index in [2.05, 4.69) is 0 Å². The van der Waals surface area contributed by atoms with Crippen molar-refractivity contribution >= 4 is 17.5 Å². The second-order valence-electron chi connectivity index (χ2n) is 3.94. The zero-order chi connectivity index (χ0) is 12.2. The Balaban J connectivity index is 5.07. The molecule has 0 atom stereocenters. The van der Waals surface area contributed by atoms with Crippen LogP contribution in [0.15, 0.2) is 11.6 Å². The summed E-state index contributed by atoms with van der Waals surface area (Å²) in [5.74, 6) is -2.94. The molecule has 0 amide bonds. The molecule has 15 heavy (non-hydrogen) atoms. The van der Waals surface area contributed by atoms with Crippen molar-refractivity contribution in [2.45, 2.75) is 27.7 Å². The minimum atomic E-state index is -1.34. The van der Waals surface area contributed by atoms with Crippen LogP contribution in [0.2, 0.25) is 0 Å². The molecule has 0 aliphatic heterocycles. The number of Topliss-reactive ketones (excluding diaryl/α,β-unsaturated/α-hetero) is 1. The summed E-state index contributed by atoms with van der Waals surface area (Å²) in [5, 5.41) is 8.78. The predicted octanol–water partition coefficient (Wildman–Crippen LogP) is 1.45. The second kappa shape index (κ2) is 5.44. The average molecular weight is 212 g/mol. The number of carboxylic acid groups (broad SMARTS) is 1. The molecule has 0 aromatic heterocycles. The highest BCUT2D eigenvalue weighted by Crippen LogP contribution is 2.08. The van der Waals surface area contributed by atoms with Crippen molar-refractivity contribution in [3.63, 3.8) is 0 Å². The first-order valence-electron chi connectivity index (χ1n) is 4.80. The van der Waals surface area contributed by atoms with E-state index in [4.69, 9.17) is 5.11 Å². The number of carboxylic acids is 1. The van der Waals surface area contributed by atoms with Crippen LogP contribution in [0.3, 0.4) is 0 Å². The molecule has 0 spiro atoms. The SMILES string of the molecule is CC(C)C(=O)/C=C(\C(=O)O)C(=O)C(C)C. The highest BCUT2D eigenvalue weighted by Gasteiger charge is 2.21. The van der Waals surface area contributed by atoms with E-state index in [1.54, 1.807) is 27.7 Å². The van der Waals surface area contributed by atoms with Crippen LogP contribution in [0.4, 0.5) is 0 Å². The van der Waals surface area contributed by atoms with Gasteiger partial charge in [0.1, 0.15) is 5.57 Å². The maximum Gasteiger partial charge on any atom is 0.339 e. The van der Waals surface area contributed by atoms with Crippen LogP contribution in [0.1, 0.15) is 27.7 Å². The fourth-order valence-corrected chi connectivity index (χ4v) is 0.858. The zero-order valence-corrected chi connectivity index (χ0v) is 9.40. The molecule has 4 nitrogen and oxygen atoms in total. The summed E-state index contributed by atoms with van der Waals surface area (Å²) in [6.45, 7) is 6.49. The molecule has 0 heterocycles. The second-order valence-corrected chi connectivity index (χ2v) is 3.94. The van der Waals surface area contributed by atoms with Gasteiger partial charge in [-0.3, -0.25) is 9.59 Å². The molecule has 1 N–H and O–H groups in total. The summed E-state index contributed by atoms with van der Waals surface area (Å²) >= 11 is 0. The first kappa shape index (κ1) is 13.5. The number of rotatable bonds is 5. The van der Waals surface area contributed by atoms with Gasteiger partial charge in [-0.1, -0.05) is 27.7 Å². The van der Waals surface area contributed by atoms with Gasteiger partial charge in [-0.2, -0.15) is 0 Å². The van der Waals surface area contributed by atoms with E-state index in [9.17, 15) is 14.4 Å². The van der Waals surface area contributed by atoms with Gasteiger partial charge in [-0.05, 0) is 6.08 Å². The number of carbonyl (C=O) groups is 3. The standard InChI is InChI=1S/C11H16O4/c1-6(2)9(12)5-8(11(14)15)10(13)7(3)4/h5-7H,1-4H3,(H,14,15)/b8-5-. The number of carbonyl (C=O) groups excluding carboxylic acids is 2. The molecular formula is C11H16O4. The molecular weight excluding hydrogens is 196 g/mol. The molecule has 0 aromatic rings. The molecule has 0 radical (unpaired) electrons. The fourth-order valence-electron chi connectivity index (χ4n) is 0.858. The Bertz CT molecular complexity index is 311. The van der Waals surface area contributed by atoms with Gasteiger partial charge in [0.15, 0.2) is 11.6 Å². The monoisotopic (exact) mass is 212 g/mol. The van der Waals surface area contributed by atoms with E-state index < -0.39 is 23.2 Å². The van der Waals surface area contributed by atoms with Crippen LogP contribution in [-0.2, 0) is 14.4 Å². The van der Waals surface area contributed by atoms with E-state index in [1.807, 2.05) is 0 Å². The molecule has 0 aliphatic rings. The van der Waals surface area contributed by atoms with E-state index in [-0.39, 0.29) is 11.7 Å². The third-order valence-corrected chi connectivity index (χ3v) is 1.88. The third-order valence-electron chi connectivity index (χ3n) is 1.88. The zero-order valence-electron chi connectivity index (χ0n) is 9.40. The van der Waals surface area contributed by atoms with Crippen molar-refractivity contribution in [1.29, 1.82) is 0 Å². The van der Waals surface area contributed by atoms with Gasteiger partial charge in [0.25, 0.3) is 0 Å². The highest BCUT2D eigenvalue weighted by molar-refractivity contribution is 6.20. The van der Waals surface area contributed by atoms with Crippen LogP contribution in [0.25, 0.3) is 0 Å². The molecule has 0 rings (SSSR count). The normalized spacial score (nSPS) is 12.0. The van der Waals surface area contributed by atoms with Crippen LogP contribution >= 0.6 is 0 Å². The number of ketones is 2. The number of hydrogen-bond acceptors (Lipinski definition) is 3. The van der Waals surface area contributed by atoms with Crippen molar-refractivity contribution in [3.8, 4) is 0 Å². The molecule has 0 saturated carbocycles. The van der Waals surface area contributed by atoms with Crippen LogP contribution in [0.5, 0.6) is 0 Å². The Labute approximate surface area is 89.0 Å². The molecule has 4 heteroatoms. The van der Waals surface area contributed by atoms with Gasteiger partial charge in [0.2, 0.25) is 0 Å². The summed E-state index contributed by atoms with van der Waals surface area (Å²) in [6.07, 6.45) is 0.926. The van der Waals surface area contributed by atoms with Crippen molar-refractivity contribution in [1.82, 2.24) is 0 Å². The smallest absolute Gasteiger partial charge is 0.339 e. The number of aliphatic carboxylic acids is 1. The van der Waals surface area contributed by atoms with Gasteiger partial charge in [-0.25, -0.2) is 4.79 Å². The lowest BCUT2D eigenvalue weighted by Crippen LogP contribution is -2.19. The lowest BCUT2D eigenvalue weighted by atomic mass is 9.98. The summed E-state index contributed by atoms with van der Waals surface area (Å²) in [5.41, 5.74) is -0.427. The topological polar surface area (TPSA) is 71.4 Å². The average Bonchev–Trinajstić information content (AvgIpc) is 2.11. The van der Waals surface area contributed by atoms with Crippen molar-refractivity contribution in [3.05, 3.63) is 11.6 Å². The summed E-state index contributed by atoms with van der Waals surface area (Å²) in [6, 6.07) is 0. The van der Waals surface area contributed by atoms with Crippen molar-refractivity contribution in [2.24, 2.45) is 11.8 Å². The highest BCUT2D eigenvalue weighted by atomic mass is 16.4. The van der Waals surface area contributed by atoms with Crippen molar-refractivity contribution < 1.29 is 19.5 Å². The minimum absolute atomic E-state index is 0.306. The molecule has 0 bridgehead atoms. The van der Waals surface area contributed by atoms with E-state index in [1.165, 1.54) is 0 Å². The van der Waals surface area contributed by atoms with Crippen LogP contribution in [0, 0.1) is 11.8 Å². The summed E-state index contributed by atoms with van der Waals surface area (Å²) in [7, 11) is 0. The van der Waals surface area contributed by atoms with Crippen LogP contribution < -0.4 is 0 Å². The van der Waals surface area contributed by atoms with Gasteiger partial charge >= 0.3 is 5.97 Å². The maximum atomic E-state index is 11.4. The van der Waals surface area contributed by atoms with Gasteiger partial charge < -0.3 is 5.11 Å². The van der Waals surface area contributed by atoms with E-state index in [0.717, 1.165) is 6.08 Å². The number of hydrogen-bond donors (Lipinski definition) is 1. The molecule has 0 fully saturated rings. The molecule has 84 valence electrons. The first-order valence-corrected chi connectivity index (χ1v) is 4.80. The summed E-state index contributed by atoms with van der Waals surface area (Å²) in [4.78, 5) is 33.5. The predicted molar refractivity (Wildman–Crippen MR) is 55.4 cm³/mol. The molecule has 0 aromatic carbocycles. The van der Waals surface area contributed by atoms with Crippen molar-refractivity contribution in [2.75, 3.05) is 0 Å². The fraction of sp³-hybridized carbons (Fsp3) is 0.545. The van der Waals surface area contributed by atoms with Gasteiger partial charge in [0, 0.05) is 11.8 Å². The largest absolute Gasteiger partial charge is 0.478 e. The van der Waals surface area contributed by atoms with Gasteiger partial charge in [-0.15, -0.1) is 0 Å². The van der Waals surface area contributed by atoms with Crippen LogP contribution in [-0.4, -0.2) is 22.6 Å². The third kappa shape index (κ3) is 4.06. The Kier molecular flexibility index (Phi) is 4.91. The Morgan fingerprint density at radius 1 is 1.00 bits per heavy atom. The quantitative estimate of drug-likeness (QED) is 0.425. The Hall–Kier alpha value is -1.45. The van der Waals surface area contributed by atoms with Gasteiger partial charge in [0.05, 0.1) is 0 Å². The minimum Gasteiger partial charge on any atom is -0.478 e.